The Kier molecular flexibility index (Phi) is 6.64. The third kappa shape index (κ3) is 4.64. The molecule has 0 saturated carbocycles. The number of fused-ring (bicyclic) bond motifs is 1. The second-order valence-corrected chi connectivity index (χ2v) is 7.70. The summed E-state index contributed by atoms with van der Waals surface area (Å²) in [6.07, 6.45) is 0.284. The molecule has 0 aliphatic rings. The van der Waals surface area contributed by atoms with Crippen LogP contribution in [0.1, 0.15) is 21.2 Å². The van der Waals surface area contributed by atoms with Crippen LogP contribution in [0.15, 0.2) is 10.2 Å². The molecule has 29 heavy (non-hydrogen) atoms. The fourth-order valence-electron chi connectivity index (χ4n) is 2.56. The fraction of sp³-hybridized carbons (Fsp3) is 0.375. The number of carboxylic acid groups (broad SMARTS) is 1. The third-order valence-electron chi connectivity index (χ3n) is 3.82. The van der Waals surface area contributed by atoms with Gasteiger partial charge in [-0.25, -0.2) is 9.78 Å². The van der Waals surface area contributed by atoms with E-state index in [-0.39, 0.29) is 42.3 Å². The lowest BCUT2D eigenvalue weighted by atomic mass is 10.2. The summed E-state index contributed by atoms with van der Waals surface area (Å²) < 4.78 is 11.2. The first-order chi connectivity index (χ1) is 13.9. The van der Waals surface area contributed by atoms with Crippen molar-refractivity contribution < 1.29 is 24.2 Å². The molecule has 0 aliphatic carbocycles. The Hall–Kier alpha value is -2.74. The quantitative estimate of drug-likeness (QED) is 0.498. The Morgan fingerprint density at radius 3 is 2.76 bits per heavy atom. The maximum atomic E-state index is 13.0. The number of hydrogen-bond donors (Lipinski definition) is 2. The molecule has 11 nitrogen and oxygen atoms in total. The number of aromatic nitrogens is 4. The van der Waals surface area contributed by atoms with Crippen molar-refractivity contribution in [1.82, 2.24) is 19.7 Å². The van der Waals surface area contributed by atoms with Gasteiger partial charge in [0.25, 0.3) is 5.56 Å². The van der Waals surface area contributed by atoms with Crippen molar-refractivity contribution in [2.24, 2.45) is 0 Å². The lowest BCUT2D eigenvalue weighted by molar-refractivity contribution is -0.116. The van der Waals surface area contributed by atoms with E-state index < -0.39 is 17.4 Å². The number of thiophene rings is 1. The van der Waals surface area contributed by atoms with Crippen LogP contribution in [-0.4, -0.2) is 57.6 Å². The van der Waals surface area contributed by atoms with E-state index in [9.17, 15) is 19.5 Å². The molecule has 0 saturated heterocycles. The monoisotopic (exact) mass is 439 g/mol. The summed E-state index contributed by atoms with van der Waals surface area (Å²) in [5, 5.41) is 21.8. The largest absolute Gasteiger partial charge is 0.478 e. The summed E-state index contributed by atoms with van der Waals surface area (Å²) in [6, 6.07) is 0. The van der Waals surface area contributed by atoms with Crippen molar-refractivity contribution in [1.29, 1.82) is 0 Å². The van der Waals surface area contributed by atoms with E-state index in [0.717, 1.165) is 27.2 Å². The highest BCUT2D eigenvalue weighted by molar-refractivity contribution is 7.17. The summed E-state index contributed by atoms with van der Waals surface area (Å²) >= 11 is 2.22. The van der Waals surface area contributed by atoms with E-state index in [2.05, 4.69) is 20.5 Å². The number of rotatable bonds is 9. The number of carboxylic acids is 1. The second-order valence-electron chi connectivity index (χ2n) is 5.78. The molecule has 0 unspecified atom stereocenters. The molecule has 3 aromatic heterocycles. The molecule has 0 spiro atoms. The minimum atomic E-state index is -1.23. The Morgan fingerprint density at radius 1 is 1.28 bits per heavy atom. The molecule has 0 radical (unpaired) electrons. The topological polar surface area (TPSA) is 146 Å². The predicted octanol–water partition coefficient (Wildman–Crippen LogP) is 0.982. The lowest BCUT2D eigenvalue weighted by Crippen LogP contribution is -2.32. The summed E-state index contributed by atoms with van der Waals surface area (Å²) in [5.74, 6) is -1.41. The van der Waals surface area contributed by atoms with E-state index in [4.69, 9.17) is 9.47 Å². The van der Waals surface area contributed by atoms with Crippen LogP contribution < -0.4 is 10.9 Å². The number of anilines is 1. The van der Waals surface area contributed by atoms with Gasteiger partial charge in [0.1, 0.15) is 28.8 Å². The molecule has 0 atom stereocenters. The number of ether oxygens (including phenoxy) is 2. The fourth-order valence-corrected chi connectivity index (χ4v) is 4.21. The van der Waals surface area contributed by atoms with Crippen molar-refractivity contribution in [2.75, 3.05) is 26.1 Å². The van der Waals surface area contributed by atoms with Gasteiger partial charge in [0.05, 0.1) is 17.6 Å². The first kappa shape index (κ1) is 21.0. The number of methoxy groups -OCH3 is 2. The molecule has 13 heteroatoms. The molecule has 3 rings (SSSR count). The second kappa shape index (κ2) is 9.17. The smallest absolute Gasteiger partial charge is 0.337 e. The summed E-state index contributed by atoms with van der Waals surface area (Å²) in [7, 11) is 3.03. The zero-order chi connectivity index (χ0) is 21.0. The first-order valence-corrected chi connectivity index (χ1v) is 9.98. The molecule has 0 aromatic carbocycles. The third-order valence-corrected chi connectivity index (χ3v) is 5.50. The van der Waals surface area contributed by atoms with Crippen LogP contribution in [0.3, 0.4) is 0 Å². The van der Waals surface area contributed by atoms with E-state index in [0.29, 0.717) is 15.7 Å². The molecule has 3 heterocycles. The minimum Gasteiger partial charge on any atom is -0.478 e. The van der Waals surface area contributed by atoms with Gasteiger partial charge in [0, 0.05) is 26.0 Å². The van der Waals surface area contributed by atoms with Gasteiger partial charge in [-0.1, -0.05) is 11.3 Å². The van der Waals surface area contributed by atoms with Crippen LogP contribution in [0.2, 0.25) is 0 Å². The summed E-state index contributed by atoms with van der Waals surface area (Å²) in [4.78, 5) is 41.6. The Labute approximate surface area is 171 Å². The number of aromatic carboxylic acids is 1. The van der Waals surface area contributed by atoms with Gasteiger partial charge >= 0.3 is 5.97 Å². The number of carbonyl (C=O) groups is 2. The Morgan fingerprint density at radius 2 is 2.07 bits per heavy atom. The van der Waals surface area contributed by atoms with E-state index in [1.54, 1.807) is 0 Å². The van der Waals surface area contributed by atoms with E-state index in [1.165, 1.54) is 19.6 Å². The average molecular weight is 439 g/mol. The normalized spacial score (nSPS) is 11.1. The van der Waals surface area contributed by atoms with Crippen LogP contribution in [-0.2, 0) is 33.8 Å². The molecular formula is C16H17N5O6S2. The first-order valence-electron chi connectivity index (χ1n) is 8.29. The highest BCUT2D eigenvalue weighted by Crippen LogP contribution is 2.22. The van der Waals surface area contributed by atoms with Gasteiger partial charge in [-0.15, -0.1) is 21.5 Å². The molecule has 1 amide bonds. The van der Waals surface area contributed by atoms with Crippen molar-refractivity contribution in [3.05, 3.63) is 32.1 Å². The van der Waals surface area contributed by atoms with Gasteiger partial charge in [0.15, 0.2) is 0 Å². The zero-order valence-corrected chi connectivity index (χ0v) is 17.1. The number of nitrogens with one attached hydrogen (secondary N) is 1. The van der Waals surface area contributed by atoms with E-state index >= 15 is 0 Å². The Balaban J connectivity index is 1.93. The van der Waals surface area contributed by atoms with Crippen molar-refractivity contribution in [3.63, 3.8) is 0 Å². The number of carbonyl (C=O) groups excluding carboxylic acids is 1. The SMILES string of the molecule is COCCc1nc2scc(C(=O)O)c2c(=O)n1CC(=O)Nc1nnc(COC)s1. The van der Waals surface area contributed by atoms with Gasteiger partial charge in [-0.3, -0.25) is 19.5 Å². The minimum absolute atomic E-state index is 0.0187. The maximum Gasteiger partial charge on any atom is 0.337 e. The number of nitrogens with zero attached hydrogens (tertiary/aromatic N) is 4. The molecule has 3 aromatic rings. The van der Waals surface area contributed by atoms with E-state index in [1.807, 2.05) is 0 Å². The van der Waals surface area contributed by atoms with Crippen LogP contribution in [0, 0.1) is 0 Å². The molecule has 0 fully saturated rings. The van der Waals surface area contributed by atoms with Gasteiger partial charge in [-0.2, -0.15) is 0 Å². The number of hydrogen-bond acceptors (Lipinski definition) is 10. The maximum absolute atomic E-state index is 13.0. The van der Waals surface area contributed by atoms with Gasteiger partial charge < -0.3 is 14.6 Å². The van der Waals surface area contributed by atoms with Crippen LogP contribution in [0.25, 0.3) is 10.2 Å². The molecule has 0 bridgehead atoms. The molecular weight excluding hydrogens is 422 g/mol. The van der Waals surface area contributed by atoms with Crippen molar-refractivity contribution in [2.45, 2.75) is 19.6 Å². The van der Waals surface area contributed by atoms with Gasteiger partial charge in [-0.05, 0) is 0 Å². The average Bonchev–Trinajstić information content (AvgIpc) is 3.30. The van der Waals surface area contributed by atoms with Crippen molar-refractivity contribution >= 4 is 49.9 Å². The summed E-state index contributed by atoms with van der Waals surface area (Å²) in [6.45, 7) is 0.202. The standard InChI is InChI=1S/C16H17N5O6S2/c1-26-4-3-9-17-13-12(8(7-28-13)15(24)25)14(23)21(9)5-10(22)18-16-20-19-11(29-16)6-27-2/h7H,3-6H2,1-2H3,(H,24,25)(H,18,20,22). The van der Waals surface area contributed by atoms with Crippen LogP contribution in [0.4, 0.5) is 5.13 Å². The number of amides is 1. The molecule has 154 valence electrons. The molecule has 2 N–H and O–H groups in total. The summed E-state index contributed by atoms with van der Waals surface area (Å²) in [5.41, 5.74) is -0.726. The predicted molar refractivity (Wildman–Crippen MR) is 106 cm³/mol. The lowest BCUT2D eigenvalue weighted by Gasteiger charge is -2.12. The van der Waals surface area contributed by atoms with Crippen LogP contribution in [0.5, 0.6) is 0 Å². The van der Waals surface area contributed by atoms with Crippen molar-refractivity contribution in [3.8, 4) is 0 Å². The molecule has 0 aliphatic heterocycles. The highest BCUT2D eigenvalue weighted by Gasteiger charge is 2.21. The Bertz CT molecular complexity index is 1110. The highest BCUT2D eigenvalue weighted by atomic mass is 32.1. The zero-order valence-electron chi connectivity index (χ0n) is 15.5. The van der Waals surface area contributed by atoms with Gasteiger partial charge in [0.2, 0.25) is 11.0 Å². The van der Waals surface area contributed by atoms with Crippen LogP contribution >= 0.6 is 22.7 Å².